The van der Waals surface area contributed by atoms with Crippen LogP contribution in [0.15, 0.2) is 29.4 Å². The minimum atomic E-state index is -0.171. The van der Waals surface area contributed by atoms with Crippen LogP contribution in [0.3, 0.4) is 0 Å². The SMILES string of the molecule is COc1ccc(-c2nnc(SCC(=O)N3CCCC3=O)n2C[C@H]2CCCO2)cc1. The maximum Gasteiger partial charge on any atom is 0.239 e. The lowest BCUT2D eigenvalue weighted by molar-refractivity contribution is -0.140. The van der Waals surface area contributed by atoms with Gasteiger partial charge in [0.25, 0.3) is 0 Å². The normalized spacial score (nSPS) is 19.1. The zero-order valence-electron chi connectivity index (χ0n) is 16.4. The molecule has 2 aliphatic heterocycles. The van der Waals surface area contributed by atoms with E-state index in [2.05, 4.69) is 10.2 Å². The predicted octanol–water partition coefficient (Wildman–Crippen LogP) is 2.37. The van der Waals surface area contributed by atoms with E-state index in [-0.39, 0.29) is 23.7 Å². The lowest BCUT2D eigenvalue weighted by Gasteiger charge is -2.16. The van der Waals surface area contributed by atoms with Gasteiger partial charge in [-0.05, 0) is 43.5 Å². The van der Waals surface area contributed by atoms with Gasteiger partial charge in [-0.3, -0.25) is 19.1 Å². The molecular formula is C20H24N4O4S. The Labute approximate surface area is 173 Å². The second-order valence-corrected chi connectivity index (χ2v) is 8.05. The maximum atomic E-state index is 12.4. The third-order valence-electron chi connectivity index (χ3n) is 5.17. The van der Waals surface area contributed by atoms with Gasteiger partial charge >= 0.3 is 0 Å². The first-order chi connectivity index (χ1) is 14.2. The molecule has 2 fully saturated rings. The van der Waals surface area contributed by atoms with Crippen molar-refractivity contribution in [2.45, 2.75) is 43.5 Å². The summed E-state index contributed by atoms with van der Waals surface area (Å²) in [7, 11) is 1.63. The van der Waals surface area contributed by atoms with Crippen molar-refractivity contribution in [1.82, 2.24) is 19.7 Å². The molecule has 2 aliphatic rings. The third kappa shape index (κ3) is 4.45. The van der Waals surface area contributed by atoms with Crippen molar-refractivity contribution in [2.75, 3.05) is 26.0 Å². The van der Waals surface area contributed by atoms with Crippen LogP contribution in [0.2, 0.25) is 0 Å². The van der Waals surface area contributed by atoms with E-state index in [4.69, 9.17) is 9.47 Å². The molecule has 8 nitrogen and oxygen atoms in total. The summed E-state index contributed by atoms with van der Waals surface area (Å²) >= 11 is 1.32. The van der Waals surface area contributed by atoms with Gasteiger partial charge in [0, 0.05) is 25.1 Å². The van der Waals surface area contributed by atoms with E-state index in [1.54, 1.807) is 7.11 Å². The summed E-state index contributed by atoms with van der Waals surface area (Å²) < 4.78 is 13.1. The fourth-order valence-electron chi connectivity index (χ4n) is 3.62. The van der Waals surface area contributed by atoms with Crippen LogP contribution in [-0.4, -0.2) is 63.6 Å². The molecule has 0 spiro atoms. The number of carbonyl (C=O) groups excluding carboxylic acids is 2. The number of aromatic nitrogens is 3. The highest BCUT2D eigenvalue weighted by Gasteiger charge is 2.27. The van der Waals surface area contributed by atoms with Crippen molar-refractivity contribution in [3.8, 4) is 17.1 Å². The van der Waals surface area contributed by atoms with Gasteiger partial charge in [0.15, 0.2) is 11.0 Å². The molecule has 1 aromatic carbocycles. The Balaban J connectivity index is 1.54. The molecule has 0 bridgehead atoms. The number of methoxy groups -OCH3 is 1. The van der Waals surface area contributed by atoms with E-state index in [9.17, 15) is 9.59 Å². The first-order valence-electron chi connectivity index (χ1n) is 9.81. The van der Waals surface area contributed by atoms with E-state index in [1.807, 2.05) is 28.8 Å². The van der Waals surface area contributed by atoms with E-state index >= 15 is 0 Å². The highest BCUT2D eigenvalue weighted by atomic mass is 32.2. The van der Waals surface area contributed by atoms with Gasteiger partial charge in [0.2, 0.25) is 11.8 Å². The molecule has 9 heteroatoms. The number of ether oxygens (including phenoxy) is 2. The van der Waals surface area contributed by atoms with Crippen LogP contribution in [0.1, 0.15) is 25.7 Å². The summed E-state index contributed by atoms with van der Waals surface area (Å²) in [6, 6.07) is 7.65. The third-order valence-corrected chi connectivity index (χ3v) is 6.13. The van der Waals surface area contributed by atoms with Gasteiger partial charge in [-0.2, -0.15) is 0 Å². The minimum Gasteiger partial charge on any atom is -0.497 e. The Morgan fingerprint density at radius 3 is 2.76 bits per heavy atom. The van der Waals surface area contributed by atoms with E-state index in [0.717, 1.165) is 43.0 Å². The smallest absolute Gasteiger partial charge is 0.239 e. The number of hydrogen-bond acceptors (Lipinski definition) is 7. The highest BCUT2D eigenvalue weighted by Crippen LogP contribution is 2.28. The van der Waals surface area contributed by atoms with Gasteiger partial charge in [-0.1, -0.05) is 11.8 Å². The molecule has 29 heavy (non-hydrogen) atoms. The molecule has 0 unspecified atom stereocenters. The lowest BCUT2D eigenvalue weighted by Crippen LogP contribution is -2.33. The number of carbonyl (C=O) groups is 2. The molecule has 0 aliphatic carbocycles. The average Bonchev–Trinajstić information content (AvgIpc) is 3.49. The zero-order valence-corrected chi connectivity index (χ0v) is 17.2. The van der Waals surface area contributed by atoms with Gasteiger partial charge in [-0.25, -0.2) is 0 Å². The Kier molecular flexibility index (Phi) is 6.15. The first-order valence-corrected chi connectivity index (χ1v) is 10.8. The quantitative estimate of drug-likeness (QED) is 0.641. The number of nitrogens with zero attached hydrogens (tertiary/aromatic N) is 4. The summed E-state index contributed by atoms with van der Waals surface area (Å²) in [5.74, 6) is 1.41. The standard InChI is InChI=1S/C20H24N4O4S/c1-27-15-8-6-14(7-9-15)19-21-22-20(24(19)12-16-4-3-11-28-16)29-13-18(26)23-10-2-5-17(23)25/h6-9,16H,2-5,10-13H2,1H3/t16-/m1/s1. The van der Waals surface area contributed by atoms with Crippen molar-refractivity contribution < 1.29 is 19.1 Å². The predicted molar refractivity (Wildman–Crippen MR) is 108 cm³/mol. The van der Waals surface area contributed by atoms with Crippen molar-refractivity contribution in [3.05, 3.63) is 24.3 Å². The summed E-state index contributed by atoms with van der Waals surface area (Å²) in [5.41, 5.74) is 0.921. The van der Waals surface area contributed by atoms with Crippen molar-refractivity contribution in [1.29, 1.82) is 0 Å². The molecule has 2 aromatic rings. The Bertz CT molecular complexity index is 877. The first kappa shape index (κ1) is 19.9. The fourth-order valence-corrected chi connectivity index (χ4v) is 4.45. The van der Waals surface area contributed by atoms with Gasteiger partial charge in [-0.15, -0.1) is 10.2 Å². The van der Waals surface area contributed by atoms with Crippen molar-refractivity contribution in [3.63, 3.8) is 0 Å². The van der Waals surface area contributed by atoms with Crippen LogP contribution in [0, 0.1) is 0 Å². The molecule has 1 atom stereocenters. The molecule has 2 saturated heterocycles. The second kappa shape index (κ2) is 8.96. The number of imide groups is 1. The molecule has 2 amide bonds. The number of amides is 2. The van der Waals surface area contributed by atoms with Crippen LogP contribution in [0.4, 0.5) is 0 Å². The number of hydrogen-bond donors (Lipinski definition) is 0. The van der Waals surface area contributed by atoms with Crippen LogP contribution in [-0.2, 0) is 20.9 Å². The Morgan fingerprint density at radius 2 is 2.10 bits per heavy atom. The topological polar surface area (TPSA) is 86.6 Å². The van der Waals surface area contributed by atoms with E-state index in [0.29, 0.717) is 24.7 Å². The second-order valence-electron chi connectivity index (χ2n) is 7.11. The van der Waals surface area contributed by atoms with Gasteiger partial charge in [0.1, 0.15) is 5.75 Å². The molecule has 0 radical (unpaired) electrons. The van der Waals surface area contributed by atoms with Crippen LogP contribution in [0.25, 0.3) is 11.4 Å². The summed E-state index contributed by atoms with van der Waals surface area (Å²) in [4.78, 5) is 25.6. The summed E-state index contributed by atoms with van der Waals surface area (Å²) in [6.07, 6.45) is 3.34. The van der Waals surface area contributed by atoms with Gasteiger partial charge < -0.3 is 9.47 Å². The molecule has 1 aromatic heterocycles. The minimum absolute atomic E-state index is 0.0876. The molecule has 154 valence electrons. The summed E-state index contributed by atoms with van der Waals surface area (Å²) in [5, 5.41) is 9.37. The Morgan fingerprint density at radius 1 is 1.28 bits per heavy atom. The Hall–Kier alpha value is -2.39. The molecule has 3 heterocycles. The number of benzene rings is 1. The van der Waals surface area contributed by atoms with E-state index in [1.165, 1.54) is 16.7 Å². The molecular weight excluding hydrogens is 392 g/mol. The molecule has 0 saturated carbocycles. The maximum absolute atomic E-state index is 12.4. The van der Waals surface area contributed by atoms with Crippen molar-refractivity contribution in [2.24, 2.45) is 0 Å². The van der Waals surface area contributed by atoms with E-state index < -0.39 is 0 Å². The van der Waals surface area contributed by atoms with Crippen molar-refractivity contribution >= 4 is 23.6 Å². The molecule has 0 N–H and O–H groups in total. The number of thioether (sulfide) groups is 1. The number of rotatable bonds is 7. The largest absolute Gasteiger partial charge is 0.497 e. The van der Waals surface area contributed by atoms with Crippen LogP contribution < -0.4 is 4.74 Å². The van der Waals surface area contributed by atoms with Crippen LogP contribution in [0.5, 0.6) is 5.75 Å². The summed E-state index contributed by atoms with van der Waals surface area (Å²) in [6.45, 7) is 1.91. The van der Waals surface area contributed by atoms with Crippen LogP contribution >= 0.6 is 11.8 Å². The lowest BCUT2D eigenvalue weighted by atomic mass is 10.2. The monoisotopic (exact) mass is 416 g/mol. The zero-order chi connectivity index (χ0) is 20.2. The fraction of sp³-hybridized carbons (Fsp3) is 0.500. The van der Waals surface area contributed by atoms with Gasteiger partial charge in [0.05, 0.1) is 25.5 Å². The average molecular weight is 417 g/mol. The number of likely N-dealkylation sites (tertiary alicyclic amines) is 1. The highest BCUT2D eigenvalue weighted by molar-refractivity contribution is 7.99. The molecule has 4 rings (SSSR count).